The van der Waals surface area contributed by atoms with Crippen molar-refractivity contribution >= 4 is 5.91 Å². The van der Waals surface area contributed by atoms with E-state index in [1.807, 2.05) is 50.2 Å². The topological polar surface area (TPSA) is 80.9 Å². The minimum absolute atomic E-state index is 0.213. The molecule has 2 aromatic heterocycles. The van der Waals surface area contributed by atoms with Gasteiger partial charge in [0.1, 0.15) is 0 Å². The Bertz CT molecular complexity index is 858. The van der Waals surface area contributed by atoms with Gasteiger partial charge in [-0.1, -0.05) is 35.5 Å². The summed E-state index contributed by atoms with van der Waals surface area (Å²) >= 11 is 0. The van der Waals surface area contributed by atoms with Crippen molar-refractivity contribution in [3.05, 3.63) is 65.4 Å². The molecule has 0 aliphatic rings. The van der Waals surface area contributed by atoms with E-state index in [0.717, 1.165) is 11.3 Å². The lowest BCUT2D eigenvalue weighted by Gasteiger charge is -2.12. The largest absolute Gasteiger partial charge is 0.342 e. The third-order valence-electron chi connectivity index (χ3n) is 3.68. The van der Waals surface area contributed by atoms with E-state index in [0.29, 0.717) is 23.0 Å². The second-order valence-electron chi connectivity index (χ2n) is 5.56. The SMILES string of the molecule is Cc1nc([C@H](C)NC(=O)c2ccc(-c3ccccc3)nc2C)no1. The van der Waals surface area contributed by atoms with E-state index in [2.05, 4.69) is 20.4 Å². The third kappa shape index (κ3) is 3.32. The van der Waals surface area contributed by atoms with Crippen LogP contribution in [0.1, 0.15) is 40.7 Å². The normalized spacial score (nSPS) is 12.0. The van der Waals surface area contributed by atoms with Crippen LogP contribution in [0.5, 0.6) is 0 Å². The number of hydrogen-bond donors (Lipinski definition) is 1. The van der Waals surface area contributed by atoms with Crippen LogP contribution in [0.4, 0.5) is 0 Å². The van der Waals surface area contributed by atoms with E-state index in [1.165, 1.54) is 0 Å². The van der Waals surface area contributed by atoms with Gasteiger partial charge in [-0.2, -0.15) is 4.98 Å². The smallest absolute Gasteiger partial charge is 0.253 e. The van der Waals surface area contributed by atoms with Crippen LogP contribution in [0.15, 0.2) is 47.0 Å². The van der Waals surface area contributed by atoms with Gasteiger partial charge in [-0.05, 0) is 26.0 Å². The van der Waals surface area contributed by atoms with Crippen LogP contribution in [-0.2, 0) is 0 Å². The summed E-state index contributed by atoms with van der Waals surface area (Å²) in [6.45, 7) is 5.34. The summed E-state index contributed by atoms with van der Waals surface area (Å²) in [6, 6.07) is 13.1. The van der Waals surface area contributed by atoms with E-state index in [1.54, 1.807) is 13.0 Å². The molecule has 0 fully saturated rings. The third-order valence-corrected chi connectivity index (χ3v) is 3.68. The molecule has 0 radical (unpaired) electrons. The van der Waals surface area contributed by atoms with Crippen LogP contribution in [0.2, 0.25) is 0 Å². The Morgan fingerprint density at radius 1 is 1.08 bits per heavy atom. The highest BCUT2D eigenvalue weighted by molar-refractivity contribution is 5.95. The molecule has 0 unspecified atom stereocenters. The molecule has 0 bridgehead atoms. The standard InChI is InChI=1S/C18H18N4O2/c1-11-15(9-10-16(19-11)14-7-5-4-6-8-14)18(23)20-12(2)17-21-13(3)24-22-17/h4-10,12H,1-3H3,(H,20,23)/t12-/m0/s1. The molecule has 1 N–H and O–H groups in total. The van der Waals surface area contributed by atoms with Gasteiger partial charge in [0.2, 0.25) is 5.89 Å². The Balaban J connectivity index is 1.78. The fraction of sp³-hybridized carbons (Fsp3) is 0.222. The van der Waals surface area contributed by atoms with Crippen LogP contribution in [0.3, 0.4) is 0 Å². The maximum absolute atomic E-state index is 12.5. The van der Waals surface area contributed by atoms with E-state index in [4.69, 9.17) is 4.52 Å². The molecule has 0 saturated heterocycles. The summed E-state index contributed by atoms with van der Waals surface area (Å²) in [5.41, 5.74) is 3.06. The maximum Gasteiger partial charge on any atom is 0.253 e. The number of rotatable bonds is 4. The first-order valence-electron chi connectivity index (χ1n) is 7.68. The van der Waals surface area contributed by atoms with Crippen molar-refractivity contribution in [3.8, 4) is 11.3 Å². The van der Waals surface area contributed by atoms with Gasteiger partial charge in [0.25, 0.3) is 5.91 Å². The first kappa shape index (κ1) is 15.9. The second-order valence-corrected chi connectivity index (χ2v) is 5.56. The predicted octanol–water partition coefficient (Wildman–Crippen LogP) is 3.24. The molecule has 0 aliphatic carbocycles. The average Bonchev–Trinajstić information content (AvgIpc) is 3.02. The zero-order valence-electron chi connectivity index (χ0n) is 13.8. The van der Waals surface area contributed by atoms with Crippen molar-refractivity contribution < 1.29 is 9.32 Å². The van der Waals surface area contributed by atoms with E-state index >= 15 is 0 Å². The molecule has 0 aliphatic heterocycles. The number of amides is 1. The summed E-state index contributed by atoms with van der Waals surface area (Å²) in [7, 11) is 0. The molecule has 24 heavy (non-hydrogen) atoms. The number of hydrogen-bond acceptors (Lipinski definition) is 5. The molecule has 1 atom stereocenters. The van der Waals surface area contributed by atoms with Crippen LogP contribution >= 0.6 is 0 Å². The fourth-order valence-corrected chi connectivity index (χ4v) is 2.40. The minimum Gasteiger partial charge on any atom is -0.342 e. The summed E-state index contributed by atoms with van der Waals surface area (Å²) in [5, 5.41) is 6.68. The van der Waals surface area contributed by atoms with Crippen molar-refractivity contribution in [2.75, 3.05) is 0 Å². The molecule has 1 aromatic carbocycles. The summed E-state index contributed by atoms with van der Waals surface area (Å²) < 4.78 is 4.94. The Kier molecular flexibility index (Phi) is 4.37. The first-order chi connectivity index (χ1) is 11.5. The number of carbonyl (C=O) groups is 1. The number of nitrogens with zero attached hydrogens (tertiary/aromatic N) is 3. The lowest BCUT2D eigenvalue weighted by Crippen LogP contribution is -2.28. The Morgan fingerprint density at radius 3 is 2.46 bits per heavy atom. The monoisotopic (exact) mass is 322 g/mol. The number of pyridine rings is 1. The maximum atomic E-state index is 12.5. The number of benzene rings is 1. The van der Waals surface area contributed by atoms with Gasteiger partial charge in [0.05, 0.1) is 23.0 Å². The highest BCUT2D eigenvalue weighted by Crippen LogP contribution is 2.19. The first-order valence-corrected chi connectivity index (χ1v) is 7.68. The highest BCUT2D eigenvalue weighted by Gasteiger charge is 2.18. The van der Waals surface area contributed by atoms with Crippen molar-refractivity contribution in [2.24, 2.45) is 0 Å². The van der Waals surface area contributed by atoms with Gasteiger partial charge in [0, 0.05) is 12.5 Å². The Hall–Kier alpha value is -3.02. The molecule has 1 amide bonds. The van der Waals surface area contributed by atoms with Gasteiger partial charge in [-0.15, -0.1) is 0 Å². The van der Waals surface area contributed by atoms with Gasteiger partial charge in [-0.25, -0.2) is 0 Å². The fourth-order valence-electron chi connectivity index (χ4n) is 2.40. The summed E-state index contributed by atoms with van der Waals surface area (Å²) in [5.74, 6) is 0.707. The quantitative estimate of drug-likeness (QED) is 0.797. The van der Waals surface area contributed by atoms with Crippen LogP contribution in [-0.4, -0.2) is 21.0 Å². The molecular weight excluding hydrogens is 304 g/mol. The van der Waals surface area contributed by atoms with E-state index in [9.17, 15) is 4.79 Å². The van der Waals surface area contributed by atoms with Crippen LogP contribution in [0, 0.1) is 13.8 Å². The van der Waals surface area contributed by atoms with E-state index in [-0.39, 0.29) is 11.9 Å². The number of aryl methyl sites for hydroxylation is 2. The van der Waals surface area contributed by atoms with Gasteiger partial charge < -0.3 is 9.84 Å². The zero-order chi connectivity index (χ0) is 17.1. The van der Waals surface area contributed by atoms with Gasteiger partial charge in [0.15, 0.2) is 5.82 Å². The molecule has 0 spiro atoms. The number of nitrogens with one attached hydrogen (secondary N) is 1. The van der Waals surface area contributed by atoms with E-state index < -0.39 is 0 Å². The molecule has 3 aromatic rings. The second kappa shape index (κ2) is 6.62. The molecular formula is C18H18N4O2. The molecule has 6 nitrogen and oxygen atoms in total. The average molecular weight is 322 g/mol. The van der Waals surface area contributed by atoms with Gasteiger partial charge in [-0.3, -0.25) is 9.78 Å². The summed E-state index contributed by atoms with van der Waals surface area (Å²) in [6.07, 6.45) is 0. The molecule has 6 heteroatoms. The van der Waals surface area contributed by atoms with Crippen molar-refractivity contribution in [3.63, 3.8) is 0 Å². The Labute approximate surface area is 139 Å². The molecule has 122 valence electrons. The van der Waals surface area contributed by atoms with Crippen molar-refractivity contribution in [2.45, 2.75) is 26.8 Å². The van der Waals surface area contributed by atoms with Crippen LogP contribution < -0.4 is 5.32 Å². The van der Waals surface area contributed by atoms with Crippen molar-refractivity contribution in [1.29, 1.82) is 0 Å². The predicted molar refractivity (Wildman–Crippen MR) is 89.3 cm³/mol. The lowest BCUT2D eigenvalue weighted by molar-refractivity contribution is 0.0937. The molecule has 3 rings (SSSR count). The van der Waals surface area contributed by atoms with Gasteiger partial charge >= 0.3 is 0 Å². The lowest BCUT2D eigenvalue weighted by atomic mass is 10.1. The number of carbonyl (C=O) groups excluding carboxylic acids is 1. The molecule has 2 heterocycles. The van der Waals surface area contributed by atoms with Crippen molar-refractivity contribution in [1.82, 2.24) is 20.4 Å². The minimum atomic E-state index is -0.344. The summed E-state index contributed by atoms with van der Waals surface area (Å²) in [4.78, 5) is 21.1. The number of aromatic nitrogens is 3. The van der Waals surface area contributed by atoms with Crippen LogP contribution in [0.25, 0.3) is 11.3 Å². The highest BCUT2D eigenvalue weighted by atomic mass is 16.5. The molecule has 0 saturated carbocycles. The Morgan fingerprint density at radius 2 is 1.83 bits per heavy atom. The zero-order valence-corrected chi connectivity index (χ0v) is 13.8.